The number of allylic oxidation sites excluding steroid dienone is 4. The van der Waals surface area contributed by atoms with Crippen LogP contribution in [-0.2, 0) is 14.4 Å². The van der Waals surface area contributed by atoms with Crippen LogP contribution in [0.25, 0.3) is 0 Å². The SMILES string of the molecule is CCC(C)(C)CC[C@@](C)(CCC(C)(C)[C@]1(C)CC[C@H]2C(C)(C)C(=O)C(C#N)=C[C@]2(C)/C1=C/C(C)=O)C(=O)N(C)C. The molecule has 0 aliphatic heterocycles. The zero-order valence-electron chi connectivity index (χ0n) is 27.8. The summed E-state index contributed by atoms with van der Waals surface area (Å²) in [6.45, 7) is 23.3. The second-order valence-electron chi connectivity index (χ2n) is 15.8. The van der Waals surface area contributed by atoms with Crippen molar-refractivity contribution < 1.29 is 14.4 Å². The van der Waals surface area contributed by atoms with Crippen molar-refractivity contribution in [1.29, 1.82) is 5.26 Å². The molecular formula is C35H56N2O3. The van der Waals surface area contributed by atoms with E-state index in [9.17, 15) is 19.6 Å². The first-order valence-electron chi connectivity index (χ1n) is 15.2. The minimum absolute atomic E-state index is 0.00376. The third-order valence-electron chi connectivity index (χ3n) is 11.5. The minimum atomic E-state index is -0.696. The van der Waals surface area contributed by atoms with Gasteiger partial charge in [0.2, 0.25) is 5.91 Å². The number of nitrogens with zero attached hydrogens (tertiary/aromatic N) is 2. The zero-order valence-corrected chi connectivity index (χ0v) is 27.8. The molecule has 5 heteroatoms. The average Bonchev–Trinajstić information content (AvgIpc) is 2.85. The lowest BCUT2D eigenvalue weighted by Gasteiger charge is -2.61. The molecule has 0 saturated heterocycles. The minimum Gasteiger partial charge on any atom is -0.348 e. The van der Waals surface area contributed by atoms with Crippen molar-refractivity contribution in [3.8, 4) is 6.07 Å². The summed E-state index contributed by atoms with van der Waals surface area (Å²) in [5, 5.41) is 9.89. The van der Waals surface area contributed by atoms with Gasteiger partial charge >= 0.3 is 0 Å². The Morgan fingerprint density at radius 1 is 1.05 bits per heavy atom. The van der Waals surface area contributed by atoms with Crippen LogP contribution < -0.4 is 0 Å². The van der Waals surface area contributed by atoms with Crippen LogP contribution in [0.1, 0.15) is 121 Å². The van der Waals surface area contributed by atoms with Gasteiger partial charge in [-0.1, -0.05) is 87.3 Å². The van der Waals surface area contributed by atoms with Gasteiger partial charge in [-0.25, -0.2) is 0 Å². The molecule has 40 heavy (non-hydrogen) atoms. The predicted molar refractivity (Wildman–Crippen MR) is 163 cm³/mol. The molecule has 5 nitrogen and oxygen atoms in total. The molecule has 2 rings (SSSR count). The molecule has 1 amide bonds. The summed E-state index contributed by atoms with van der Waals surface area (Å²) in [6.07, 6.45) is 9.78. The molecule has 224 valence electrons. The van der Waals surface area contributed by atoms with E-state index < -0.39 is 16.2 Å². The van der Waals surface area contributed by atoms with Crippen molar-refractivity contribution >= 4 is 17.5 Å². The Hall–Kier alpha value is -2.22. The van der Waals surface area contributed by atoms with Crippen molar-refractivity contribution in [2.24, 2.45) is 38.4 Å². The Morgan fingerprint density at radius 2 is 1.60 bits per heavy atom. The number of Topliss-reactive ketones (excluding diaryl/α,β-unsaturated/α-hetero) is 1. The maximum atomic E-state index is 13.6. The van der Waals surface area contributed by atoms with Crippen LogP contribution in [0.5, 0.6) is 0 Å². The molecule has 0 radical (unpaired) electrons. The lowest BCUT2D eigenvalue weighted by Crippen LogP contribution is -2.55. The van der Waals surface area contributed by atoms with Gasteiger partial charge < -0.3 is 4.90 Å². The van der Waals surface area contributed by atoms with Gasteiger partial charge in [-0.05, 0) is 73.7 Å². The molecule has 0 spiro atoms. The first-order chi connectivity index (χ1) is 18.0. The van der Waals surface area contributed by atoms with Crippen LogP contribution in [-0.4, -0.2) is 36.5 Å². The van der Waals surface area contributed by atoms with Gasteiger partial charge in [0, 0.05) is 30.3 Å². The van der Waals surface area contributed by atoms with Gasteiger partial charge in [0.05, 0.1) is 5.57 Å². The van der Waals surface area contributed by atoms with Crippen molar-refractivity contribution in [1.82, 2.24) is 4.90 Å². The third kappa shape index (κ3) is 6.02. The molecule has 0 unspecified atom stereocenters. The monoisotopic (exact) mass is 552 g/mol. The van der Waals surface area contributed by atoms with E-state index >= 15 is 0 Å². The van der Waals surface area contributed by atoms with E-state index in [1.165, 1.54) is 0 Å². The number of hydrogen-bond donors (Lipinski definition) is 0. The lowest BCUT2D eigenvalue weighted by molar-refractivity contribution is -0.140. The molecule has 4 atom stereocenters. The normalized spacial score (nSPS) is 29.2. The van der Waals surface area contributed by atoms with E-state index in [2.05, 4.69) is 61.5 Å². The predicted octanol–water partition coefficient (Wildman–Crippen LogP) is 8.10. The summed E-state index contributed by atoms with van der Waals surface area (Å²) in [5.41, 5.74) is -0.980. The fourth-order valence-electron chi connectivity index (χ4n) is 7.65. The Bertz CT molecular complexity index is 1130. The maximum Gasteiger partial charge on any atom is 0.227 e. The van der Waals surface area contributed by atoms with Crippen LogP contribution in [0.4, 0.5) is 0 Å². The van der Waals surface area contributed by atoms with E-state index in [1.54, 1.807) is 17.9 Å². The summed E-state index contributed by atoms with van der Waals surface area (Å²) in [6, 6.07) is 2.16. The summed E-state index contributed by atoms with van der Waals surface area (Å²) in [4.78, 5) is 41.3. The molecule has 2 aliphatic rings. The second-order valence-corrected chi connectivity index (χ2v) is 15.8. The third-order valence-corrected chi connectivity index (χ3v) is 11.5. The highest BCUT2D eigenvalue weighted by molar-refractivity contribution is 6.04. The number of rotatable bonds is 10. The molecule has 0 aromatic rings. The smallest absolute Gasteiger partial charge is 0.227 e. The number of fused-ring (bicyclic) bond motifs is 1. The summed E-state index contributed by atoms with van der Waals surface area (Å²) >= 11 is 0. The summed E-state index contributed by atoms with van der Waals surface area (Å²) < 4.78 is 0. The largest absolute Gasteiger partial charge is 0.348 e. The second kappa shape index (κ2) is 11.2. The molecule has 0 N–H and O–H groups in total. The molecule has 0 aromatic heterocycles. The number of carbonyl (C=O) groups excluding carboxylic acids is 3. The van der Waals surface area contributed by atoms with Crippen molar-refractivity contribution in [3.05, 3.63) is 23.3 Å². The van der Waals surface area contributed by atoms with Gasteiger partial charge in [0.15, 0.2) is 11.6 Å². The highest BCUT2D eigenvalue weighted by Gasteiger charge is 2.61. The fraction of sp³-hybridized carbons (Fsp3) is 0.771. The number of hydrogen-bond acceptors (Lipinski definition) is 4. The molecule has 1 saturated carbocycles. The van der Waals surface area contributed by atoms with E-state index in [0.29, 0.717) is 0 Å². The Kier molecular flexibility index (Phi) is 9.53. The Labute approximate surface area is 244 Å². The van der Waals surface area contributed by atoms with Gasteiger partial charge in [0.25, 0.3) is 0 Å². The van der Waals surface area contributed by atoms with E-state index in [4.69, 9.17) is 0 Å². The topological polar surface area (TPSA) is 78.2 Å². The number of ketones is 2. The average molecular weight is 553 g/mol. The van der Waals surface area contributed by atoms with Crippen LogP contribution in [0.2, 0.25) is 0 Å². The van der Waals surface area contributed by atoms with Crippen LogP contribution in [0.15, 0.2) is 23.3 Å². The van der Waals surface area contributed by atoms with E-state index in [1.807, 2.05) is 34.0 Å². The van der Waals surface area contributed by atoms with Crippen LogP contribution in [0, 0.1) is 49.7 Å². The van der Waals surface area contributed by atoms with Crippen molar-refractivity contribution in [2.45, 2.75) is 121 Å². The summed E-state index contributed by atoms with van der Waals surface area (Å²) in [5.74, 6) is 0.0472. The van der Waals surface area contributed by atoms with Crippen LogP contribution in [0.3, 0.4) is 0 Å². The quantitative estimate of drug-likeness (QED) is 0.257. The first-order valence-corrected chi connectivity index (χ1v) is 15.2. The highest BCUT2D eigenvalue weighted by Crippen LogP contribution is 2.67. The summed E-state index contributed by atoms with van der Waals surface area (Å²) in [7, 11) is 3.69. The molecular weight excluding hydrogens is 496 g/mol. The number of carbonyl (C=O) groups is 3. The number of amides is 1. The standard InChI is InChI=1S/C35H56N2O3/c1-14-30(3,4)17-19-33(9,29(40)37(12)13)20-18-31(5,6)35(11)16-15-26-32(7,8)28(39)25(23-36)22-34(26,10)27(35)21-24(2)38/h21-22,26H,14-20H2,1-13H3/b27-21-/t26-,33-,34-,35+/m0/s1. The van der Waals surface area contributed by atoms with Crippen molar-refractivity contribution in [3.63, 3.8) is 0 Å². The van der Waals surface area contributed by atoms with Gasteiger partial charge in [-0.2, -0.15) is 5.26 Å². The zero-order chi connectivity index (χ0) is 31.1. The van der Waals surface area contributed by atoms with Gasteiger partial charge in [-0.3, -0.25) is 14.4 Å². The molecule has 2 aliphatic carbocycles. The van der Waals surface area contributed by atoms with Gasteiger partial charge in [-0.15, -0.1) is 0 Å². The molecule has 0 bridgehead atoms. The molecule has 0 heterocycles. The Morgan fingerprint density at radius 3 is 2.08 bits per heavy atom. The lowest BCUT2D eigenvalue weighted by atomic mass is 9.42. The fourth-order valence-corrected chi connectivity index (χ4v) is 7.65. The molecule has 0 aromatic carbocycles. The van der Waals surface area contributed by atoms with Gasteiger partial charge in [0.1, 0.15) is 6.07 Å². The highest BCUT2D eigenvalue weighted by atomic mass is 16.2. The van der Waals surface area contributed by atoms with E-state index in [0.717, 1.165) is 50.5 Å². The maximum absolute atomic E-state index is 13.6. The first kappa shape index (κ1) is 34.0. The van der Waals surface area contributed by atoms with E-state index in [-0.39, 0.29) is 45.2 Å². The number of nitriles is 1. The Balaban J connectivity index is 2.59. The van der Waals surface area contributed by atoms with Crippen molar-refractivity contribution in [2.75, 3.05) is 14.1 Å². The molecule has 1 fully saturated rings. The van der Waals surface area contributed by atoms with Crippen LogP contribution >= 0.6 is 0 Å².